The molecular formula is C14H18BrN3OS. The van der Waals surface area contributed by atoms with Gasteiger partial charge in [-0.15, -0.1) is 0 Å². The fourth-order valence-corrected chi connectivity index (χ4v) is 2.90. The molecule has 4 nitrogen and oxygen atoms in total. The third kappa shape index (κ3) is 4.76. The zero-order chi connectivity index (χ0) is 14.4. The molecule has 1 aliphatic rings. The van der Waals surface area contributed by atoms with E-state index in [4.69, 9.17) is 12.2 Å². The normalized spacial score (nSPS) is 15.4. The summed E-state index contributed by atoms with van der Waals surface area (Å²) in [5.74, 6) is -0.209. The lowest BCUT2D eigenvalue weighted by Crippen LogP contribution is -2.50. The summed E-state index contributed by atoms with van der Waals surface area (Å²) in [5.41, 5.74) is 5.93. The van der Waals surface area contributed by atoms with Gasteiger partial charge >= 0.3 is 0 Å². The summed E-state index contributed by atoms with van der Waals surface area (Å²) >= 11 is 8.52. The molecule has 6 heteroatoms. The largest absolute Gasteiger partial charge is 0.359 e. The van der Waals surface area contributed by atoms with Gasteiger partial charge in [-0.2, -0.15) is 0 Å². The van der Waals surface area contributed by atoms with E-state index in [-0.39, 0.29) is 5.91 Å². The summed E-state index contributed by atoms with van der Waals surface area (Å²) in [6.07, 6.45) is 6.07. The Morgan fingerprint density at radius 3 is 2.65 bits per heavy atom. The summed E-state index contributed by atoms with van der Waals surface area (Å²) in [7, 11) is 0. The number of benzene rings is 1. The number of halogens is 1. The molecule has 0 radical (unpaired) electrons. The summed E-state index contributed by atoms with van der Waals surface area (Å²) in [5, 5.41) is 3.71. The standard InChI is InChI=1S/C14H18BrN3OS/c15-11-6-4-5-10(9-11)13(19)17-18-14(20)16-12-7-2-1-3-8-12/h4-6,9,12H,1-3,7-8H2,(H,17,19)(H2,16,18,20). The van der Waals surface area contributed by atoms with Crippen molar-refractivity contribution in [3.05, 3.63) is 34.3 Å². The summed E-state index contributed by atoms with van der Waals surface area (Å²) in [6.45, 7) is 0. The van der Waals surface area contributed by atoms with Crippen LogP contribution in [0, 0.1) is 0 Å². The molecule has 0 saturated heterocycles. The van der Waals surface area contributed by atoms with Gasteiger partial charge in [-0.25, -0.2) is 0 Å². The molecule has 108 valence electrons. The van der Waals surface area contributed by atoms with Crippen molar-refractivity contribution in [1.82, 2.24) is 16.2 Å². The molecule has 1 aliphatic carbocycles. The van der Waals surface area contributed by atoms with Gasteiger partial charge in [0.25, 0.3) is 5.91 Å². The smallest absolute Gasteiger partial charge is 0.269 e. The molecule has 1 amide bonds. The first-order chi connectivity index (χ1) is 9.65. The third-order valence-electron chi connectivity index (χ3n) is 3.32. The van der Waals surface area contributed by atoms with E-state index in [0.717, 1.165) is 17.3 Å². The minimum Gasteiger partial charge on any atom is -0.359 e. The Labute approximate surface area is 132 Å². The number of thiocarbonyl (C=S) groups is 1. The molecular weight excluding hydrogens is 338 g/mol. The van der Waals surface area contributed by atoms with Crippen molar-refractivity contribution in [2.45, 2.75) is 38.1 Å². The van der Waals surface area contributed by atoms with Crippen LogP contribution >= 0.6 is 28.1 Å². The van der Waals surface area contributed by atoms with E-state index in [1.165, 1.54) is 19.3 Å². The van der Waals surface area contributed by atoms with Gasteiger partial charge < -0.3 is 5.32 Å². The van der Waals surface area contributed by atoms with E-state index in [1.54, 1.807) is 12.1 Å². The lowest BCUT2D eigenvalue weighted by Gasteiger charge is -2.24. The minimum absolute atomic E-state index is 0.209. The maximum atomic E-state index is 11.9. The molecule has 0 spiro atoms. The van der Waals surface area contributed by atoms with Crippen LogP contribution in [0.4, 0.5) is 0 Å². The zero-order valence-corrected chi connectivity index (χ0v) is 13.5. The van der Waals surface area contributed by atoms with Gasteiger partial charge in [0.2, 0.25) is 0 Å². The maximum absolute atomic E-state index is 11.9. The highest BCUT2D eigenvalue weighted by molar-refractivity contribution is 9.10. The molecule has 0 aromatic heterocycles. The van der Waals surface area contributed by atoms with Gasteiger partial charge in [-0.05, 0) is 43.3 Å². The Morgan fingerprint density at radius 1 is 1.20 bits per heavy atom. The quantitative estimate of drug-likeness (QED) is 0.564. The number of nitrogens with one attached hydrogen (secondary N) is 3. The van der Waals surface area contributed by atoms with Crippen LogP contribution < -0.4 is 16.2 Å². The zero-order valence-electron chi connectivity index (χ0n) is 11.1. The highest BCUT2D eigenvalue weighted by atomic mass is 79.9. The van der Waals surface area contributed by atoms with Gasteiger partial charge in [-0.3, -0.25) is 15.6 Å². The second-order valence-corrected chi connectivity index (χ2v) is 6.22. The average Bonchev–Trinajstić information content (AvgIpc) is 2.46. The first-order valence-electron chi connectivity index (χ1n) is 6.77. The van der Waals surface area contributed by atoms with Crippen LogP contribution in [-0.4, -0.2) is 17.1 Å². The second kappa shape index (κ2) is 7.59. The van der Waals surface area contributed by atoms with Gasteiger partial charge in [-0.1, -0.05) is 41.3 Å². The van der Waals surface area contributed by atoms with Crippen LogP contribution in [0.1, 0.15) is 42.5 Å². The molecule has 1 saturated carbocycles. The number of amides is 1. The van der Waals surface area contributed by atoms with Crippen LogP contribution in [0.15, 0.2) is 28.7 Å². The van der Waals surface area contributed by atoms with Gasteiger partial charge in [0.15, 0.2) is 5.11 Å². The molecule has 0 atom stereocenters. The highest BCUT2D eigenvalue weighted by Crippen LogP contribution is 2.17. The maximum Gasteiger partial charge on any atom is 0.269 e. The van der Waals surface area contributed by atoms with Crippen LogP contribution in [0.5, 0.6) is 0 Å². The predicted octanol–water partition coefficient (Wildman–Crippen LogP) is 2.89. The number of carbonyl (C=O) groups is 1. The van der Waals surface area contributed by atoms with Crippen molar-refractivity contribution in [3.8, 4) is 0 Å². The monoisotopic (exact) mass is 355 g/mol. The van der Waals surface area contributed by atoms with Crippen molar-refractivity contribution in [3.63, 3.8) is 0 Å². The molecule has 0 bridgehead atoms. The Balaban J connectivity index is 1.76. The topological polar surface area (TPSA) is 53.2 Å². The SMILES string of the molecule is O=C(NNC(=S)NC1CCCCC1)c1cccc(Br)c1. The van der Waals surface area contributed by atoms with E-state index < -0.39 is 0 Å². The first kappa shape index (κ1) is 15.3. The predicted molar refractivity (Wildman–Crippen MR) is 87.4 cm³/mol. The van der Waals surface area contributed by atoms with Gasteiger partial charge in [0.05, 0.1) is 0 Å². The Morgan fingerprint density at radius 2 is 1.95 bits per heavy atom. The molecule has 2 rings (SSSR count). The average molecular weight is 356 g/mol. The number of carbonyl (C=O) groups excluding carboxylic acids is 1. The minimum atomic E-state index is -0.209. The first-order valence-corrected chi connectivity index (χ1v) is 7.98. The van der Waals surface area contributed by atoms with Gasteiger partial charge in [0.1, 0.15) is 0 Å². The molecule has 20 heavy (non-hydrogen) atoms. The molecule has 1 aromatic rings. The van der Waals surface area contributed by atoms with E-state index in [2.05, 4.69) is 32.1 Å². The number of rotatable bonds is 2. The summed E-state index contributed by atoms with van der Waals surface area (Å²) < 4.78 is 0.869. The van der Waals surface area contributed by atoms with E-state index in [0.29, 0.717) is 16.7 Å². The van der Waals surface area contributed by atoms with Crippen LogP contribution in [-0.2, 0) is 0 Å². The molecule has 1 aromatic carbocycles. The van der Waals surface area contributed by atoms with E-state index in [9.17, 15) is 4.79 Å². The molecule has 3 N–H and O–H groups in total. The Bertz CT molecular complexity index is 489. The van der Waals surface area contributed by atoms with Crippen molar-refractivity contribution in [2.24, 2.45) is 0 Å². The lowest BCUT2D eigenvalue weighted by molar-refractivity contribution is 0.0943. The van der Waals surface area contributed by atoms with Crippen LogP contribution in [0.3, 0.4) is 0 Å². The second-order valence-electron chi connectivity index (χ2n) is 4.90. The van der Waals surface area contributed by atoms with Crippen molar-refractivity contribution in [1.29, 1.82) is 0 Å². The van der Waals surface area contributed by atoms with Crippen LogP contribution in [0.2, 0.25) is 0 Å². The van der Waals surface area contributed by atoms with Gasteiger partial charge in [0, 0.05) is 16.1 Å². The highest BCUT2D eigenvalue weighted by Gasteiger charge is 2.14. The van der Waals surface area contributed by atoms with E-state index >= 15 is 0 Å². The summed E-state index contributed by atoms with van der Waals surface area (Å²) in [6, 6.07) is 7.62. The third-order valence-corrected chi connectivity index (χ3v) is 4.03. The Hall–Kier alpha value is -1.14. The molecule has 0 heterocycles. The van der Waals surface area contributed by atoms with Crippen molar-refractivity contribution >= 4 is 39.2 Å². The van der Waals surface area contributed by atoms with Crippen molar-refractivity contribution < 1.29 is 4.79 Å². The number of hydrogen-bond acceptors (Lipinski definition) is 2. The molecule has 0 aliphatic heterocycles. The summed E-state index contributed by atoms with van der Waals surface area (Å²) in [4.78, 5) is 11.9. The molecule has 1 fully saturated rings. The lowest BCUT2D eigenvalue weighted by atomic mass is 9.96. The Kier molecular flexibility index (Phi) is 5.79. The van der Waals surface area contributed by atoms with Crippen LogP contribution in [0.25, 0.3) is 0 Å². The number of hydrogen-bond donors (Lipinski definition) is 3. The molecule has 0 unspecified atom stereocenters. The number of hydrazine groups is 1. The van der Waals surface area contributed by atoms with E-state index in [1.807, 2.05) is 12.1 Å². The fourth-order valence-electron chi connectivity index (χ4n) is 2.28. The fraction of sp³-hybridized carbons (Fsp3) is 0.429. The van der Waals surface area contributed by atoms with Crippen molar-refractivity contribution in [2.75, 3.05) is 0 Å².